The molecule has 10 nitrogen and oxygen atoms in total. The van der Waals surface area contributed by atoms with E-state index in [4.69, 9.17) is 18.7 Å². The van der Waals surface area contributed by atoms with Crippen LogP contribution in [0, 0.1) is 12.8 Å². The highest BCUT2D eigenvalue weighted by atomic mass is 16.5. The minimum atomic E-state index is -0.545. The van der Waals surface area contributed by atoms with Gasteiger partial charge in [-0.25, -0.2) is 0 Å². The largest absolute Gasteiger partial charge is 0.493 e. The van der Waals surface area contributed by atoms with Crippen LogP contribution in [0.3, 0.4) is 0 Å². The van der Waals surface area contributed by atoms with E-state index in [1.54, 1.807) is 42.2 Å². The van der Waals surface area contributed by atoms with E-state index in [-0.39, 0.29) is 24.8 Å². The molecule has 1 N–H and O–H groups in total. The zero-order chi connectivity index (χ0) is 23.5. The van der Waals surface area contributed by atoms with Crippen molar-refractivity contribution in [3.63, 3.8) is 0 Å². The molecule has 1 aliphatic rings. The molecule has 10 heteroatoms. The molecule has 0 spiro atoms. The van der Waals surface area contributed by atoms with Crippen LogP contribution < -0.4 is 24.4 Å². The highest BCUT2D eigenvalue weighted by Gasteiger charge is 2.36. The number of hydrogen-bond acceptors (Lipinski definition) is 8. The predicted molar refractivity (Wildman–Crippen MR) is 120 cm³/mol. The first-order valence-electron chi connectivity index (χ1n) is 10.3. The monoisotopic (exact) mass is 452 g/mol. The van der Waals surface area contributed by atoms with Gasteiger partial charge >= 0.3 is 0 Å². The Morgan fingerprint density at radius 1 is 1.12 bits per heavy atom. The zero-order valence-electron chi connectivity index (χ0n) is 18.7. The van der Waals surface area contributed by atoms with Crippen molar-refractivity contribution in [1.29, 1.82) is 0 Å². The van der Waals surface area contributed by atoms with Crippen LogP contribution in [-0.4, -0.2) is 49.8 Å². The molecule has 4 rings (SSSR count). The summed E-state index contributed by atoms with van der Waals surface area (Å²) in [5.74, 6) is 1.10. The van der Waals surface area contributed by atoms with Gasteiger partial charge in [0, 0.05) is 37.6 Å². The molecular formula is C23H24N4O6. The Bertz CT molecular complexity index is 1170. The highest BCUT2D eigenvalue weighted by Crippen LogP contribution is 2.42. The normalized spacial score (nSPS) is 15.5. The number of hydrogen-bond donors (Lipinski definition) is 1. The van der Waals surface area contributed by atoms with Crippen LogP contribution in [-0.2, 0) is 9.59 Å². The zero-order valence-corrected chi connectivity index (χ0v) is 18.7. The molecule has 2 aromatic carbocycles. The van der Waals surface area contributed by atoms with Crippen LogP contribution >= 0.6 is 0 Å². The van der Waals surface area contributed by atoms with Gasteiger partial charge in [0.2, 0.25) is 29.3 Å². The van der Waals surface area contributed by atoms with E-state index in [0.29, 0.717) is 45.9 Å². The van der Waals surface area contributed by atoms with E-state index < -0.39 is 5.92 Å². The Balaban J connectivity index is 1.55. The fourth-order valence-corrected chi connectivity index (χ4v) is 3.79. The first kappa shape index (κ1) is 22.1. The summed E-state index contributed by atoms with van der Waals surface area (Å²) in [6, 6.07) is 10.5. The van der Waals surface area contributed by atoms with E-state index in [1.165, 1.54) is 21.3 Å². The summed E-state index contributed by atoms with van der Waals surface area (Å²) >= 11 is 0. The van der Waals surface area contributed by atoms with Gasteiger partial charge in [0.15, 0.2) is 11.5 Å². The summed E-state index contributed by atoms with van der Waals surface area (Å²) < 4.78 is 21.2. The van der Waals surface area contributed by atoms with Gasteiger partial charge in [-0.1, -0.05) is 17.3 Å². The summed E-state index contributed by atoms with van der Waals surface area (Å²) in [5, 5.41) is 6.84. The van der Waals surface area contributed by atoms with Crippen molar-refractivity contribution in [3.05, 3.63) is 42.3 Å². The number of benzene rings is 2. The van der Waals surface area contributed by atoms with Gasteiger partial charge in [-0.15, -0.1) is 0 Å². The first-order valence-corrected chi connectivity index (χ1v) is 10.3. The van der Waals surface area contributed by atoms with E-state index >= 15 is 0 Å². The molecule has 1 aliphatic heterocycles. The molecule has 2 amide bonds. The number of nitrogens with zero attached hydrogens (tertiary/aromatic N) is 3. The molecule has 0 bridgehead atoms. The van der Waals surface area contributed by atoms with Gasteiger partial charge in [0.05, 0.1) is 38.6 Å². The van der Waals surface area contributed by atoms with Crippen molar-refractivity contribution in [3.8, 4) is 28.6 Å². The maximum Gasteiger partial charge on any atom is 0.229 e. The van der Waals surface area contributed by atoms with Crippen molar-refractivity contribution < 1.29 is 28.3 Å². The number of aromatic nitrogens is 2. The lowest BCUT2D eigenvalue weighted by Crippen LogP contribution is -2.28. The number of anilines is 2. The van der Waals surface area contributed by atoms with Gasteiger partial charge < -0.3 is 29.0 Å². The van der Waals surface area contributed by atoms with Crippen LogP contribution in [0.2, 0.25) is 0 Å². The van der Waals surface area contributed by atoms with Crippen molar-refractivity contribution in [2.75, 3.05) is 38.1 Å². The van der Waals surface area contributed by atoms with Crippen LogP contribution in [0.15, 0.2) is 40.9 Å². The Morgan fingerprint density at radius 2 is 1.82 bits per heavy atom. The molecule has 1 unspecified atom stereocenters. The molecule has 1 aromatic heterocycles. The van der Waals surface area contributed by atoms with E-state index in [0.717, 1.165) is 0 Å². The minimum absolute atomic E-state index is 0.0754. The molecule has 1 atom stereocenters. The van der Waals surface area contributed by atoms with Gasteiger partial charge in [-0.05, 0) is 12.1 Å². The smallest absolute Gasteiger partial charge is 0.229 e. The Kier molecular flexibility index (Phi) is 6.16. The topological polar surface area (TPSA) is 116 Å². The second-order valence-electron chi connectivity index (χ2n) is 7.46. The van der Waals surface area contributed by atoms with Crippen molar-refractivity contribution in [1.82, 2.24) is 10.1 Å². The summed E-state index contributed by atoms with van der Waals surface area (Å²) in [7, 11) is 4.52. The third-order valence-electron chi connectivity index (χ3n) is 5.41. The maximum absolute atomic E-state index is 13.0. The Hall–Kier alpha value is -4.08. The van der Waals surface area contributed by atoms with Crippen LogP contribution in [0.25, 0.3) is 11.4 Å². The average Bonchev–Trinajstić information content (AvgIpc) is 3.44. The lowest BCUT2D eigenvalue weighted by molar-refractivity contribution is -0.122. The van der Waals surface area contributed by atoms with Gasteiger partial charge in [-0.2, -0.15) is 4.98 Å². The molecule has 172 valence electrons. The number of carbonyl (C=O) groups excluding carboxylic acids is 2. The molecule has 2 heterocycles. The van der Waals surface area contributed by atoms with Crippen molar-refractivity contribution in [2.24, 2.45) is 5.92 Å². The number of para-hydroxylation sites is 1. The summed E-state index contributed by atoms with van der Waals surface area (Å²) in [6.07, 6.45) is 0.0754. The quantitative estimate of drug-likeness (QED) is 0.581. The number of aryl methyl sites for hydroxylation is 1. The maximum atomic E-state index is 13.0. The molecule has 0 saturated carbocycles. The van der Waals surface area contributed by atoms with Crippen LogP contribution in [0.5, 0.6) is 17.2 Å². The number of nitrogens with one attached hydrogen (secondary N) is 1. The Labute approximate surface area is 190 Å². The number of ether oxygens (including phenoxy) is 3. The molecule has 1 fully saturated rings. The molecule has 1 saturated heterocycles. The van der Waals surface area contributed by atoms with E-state index in [1.807, 2.05) is 6.07 Å². The number of methoxy groups -OCH3 is 3. The second-order valence-corrected chi connectivity index (χ2v) is 7.46. The third kappa shape index (κ3) is 4.32. The number of amides is 2. The van der Waals surface area contributed by atoms with Gasteiger partial charge in [0.1, 0.15) is 0 Å². The minimum Gasteiger partial charge on any atom is -0.493 e. The molecule has 0 aliphatic carbocycles. The van der Waals surface area contributed by atoms with Crippen molar-refractivity contribution in [2.45, 2.75) is 13.3 Å². The van der Waals surface area contributed by atoms with E-state index in [9.17, 15) is 9.59 Å². The first-order chi connectivity index (χ1) is 15.9. The Morgan fingerprint density at radius 3 is 2.42 bits per heavy atom. The predicted octanol–water partition coefficient (Wildman–Crippen LogP) is 3.06. The molecule has 3 aromatic rings. The molecule has 33 heavy (non-hydrogen) atoms. The lowest BCUT2D eigenvalue weighted by Gasteiger charge is -2.20. The summed E-state index contributed by atoms with van der Waals surface area (Å²) in [5.41, 5.74) is 1.74. The fourth-order valence-electron chi connectivity index (χ4n) is 3.79. The third-order valence-corrected chi connectivity index (χ3v) is 5.41. The number of carbonyl (C=O) groups is 2. The van der Waals surface area contributed by atoms with Crippen molar-refractivity contribution >= 4 is 23.2 Å². The highest BCUT2D eigenvalue weighted by molar-refractivity contribution is 6.04. The van der Waals surface area contributed by atoms with E-state index in [2.05, 4.69) is 15.5 Å². The van der Waals surface area contributed by atoms with Crippen LogP contribution in [0.1, 0.15) is 12.3 Å². The summed E-state index contributed by atoms with van der Waals surface area (Å²) in [4.78, 5) is 31.6. The van der Waals surface area contributed by atoms with Gasteiger partial charge in [0.25, 0.3) is 0 Å². The molecule has 0 radical (unpaired) electrons. The van der Waals surface area contributed by atoms with Gasteiger partial charge in [-0.3, -0.25) is 9.59 Å². The standard InChI is InChI=1S/C23H24N4O6/c1-13-24-22(26-33-13)16-7-5-6-8-17(16)25-23(29)14-9-20(28)27(12-14)15-10-18(30-2)21(32-4)19(11-15)31-3/h5-8,10-11,14H,9,12H2,1-4H3,(H,25,29). The fraction of sp³-hybridized carbons (Fsp3) is 0.304. The SMILES string of the molecule is COc1cc(N2CC(C(=O)Nc3ccccc3-c3noc(C)n3)CC2=O)cc(OC)c1OC. The second kappa shape index (κ2) is 9.19. The van der Waals surface area contributed by atoms with Crippen LogP contribution in [0.4, 0.5) is 11.4 Å². The number of rotatable bonds is 7. The lowest BCUT2D eigenvalue weighted by atomic mass is 10.1. The molecular weight excluding hydrogens is 428 g/mol. The summed E-state index contributed by atoms with van der Waals surface area (Å²) in [6.45, 7) is 1.91. The average molecular weight is 452 g/mol.